The minimum absolute atomic E-state index is 0.107. The molecule has 8 heteroatoms. The number of rotatable bonds is 4. The van der Waals surface area contributed by atoms with E-state index in [0.29, 0.717) is 22.8 Å². The molecule has 0 unspecified atom stereocenters. The van der Waals surface area contributed by atoms with Gasteiger partial charge in [0.05, 0.1) is 16.3 Å². The maximum absolute atomic E-state index is 13.5. The highest BCUT2D eigenvalue weighted by Crippen LogP contribution is 2.39. The molecule has 3 N–H and O–H groups in total. The van der Waals surface area contributed by atoms with Gasteiger partial charge in [-0.3, -0.25) is 9.69 Å². The summed E-state index contributed by atoms with van der Waals surface area (Å²) in [6.07, 6.45) is 1.60. The molecule has 7 nitrogen and oxygen atoms in total. The number of nitrogens with two attached hydrogens (primary N) is 1. The quantitative estimate of drug-likeness (QED) is 0.173. The van der Waals surface area contributed by atoms with Crippen molar-refractivity contribution in [3.05, 3.63) is 81.2 Å². The van der Waals surface area contributed by atoms with Crippen molar-refractivity contribution in [2.75, 3.05) is 11.9 Å². The van der Waals surface area contributed by atoms with Gasteiger partial charge in [-0.2, -0.15) is 0 Å². The number of benzene rings is 2. The zero-order valence-corrected chi connectivity index (χ0v) is 23.7. The van der Waals surface area contributed by atoms with Gasteiger partial charge in [0.25, 0.3) is 5.91 Å². The number of imide groups is 1. The number of thiophene rings is 1. The molecule has 0 atom stereocenters. The fourth-order valence-corrected chi connectivity index (χ4v) is 4.83. The summed E-state index contributed by atoms with van der Waals surface area (Å²) in [7, 11) is 1.56. The van der Waals surface area contributed by atoms with Gasteiger partial charge < -0.3 is 10.8 Å². The lowest BCUT2D eigenvalue weighted by Gasteiger charge is -2.27. The van der Waals surface area contributed by atoms with E-state index in [1.807, 2.05) is 50.4 Å². The van der Waals surface area contributed by atoms with Crippen LogP contribution in [0.5, 0.6) is 5.75 Å². The van der Waals surface area contributed by atoms with Crippen molar-refractivity contribution >= 4 is 46.6 Å². The lowest BCUT2D eigenvalue weighted by molar-refractivity contribution is -0.114. The van der Waals surface area contributed by atoms with Crippen LogP contribution in [-0.4, -0.2) is 34.8 Å². The van der Waals surface area contributed by atoms with Crippen molar-refractivity contribution in [3.8, 4) is 5.75 Å². The van der Waals surface area contributed by atoms with Crippen LogP contribution in [0.3, 0.4) is 0 Å². The van der Waals surface area contributed by atoms with Crippen LogP contribution in [0.4, 0.5) is 16.2 Å². The van der Waals surface area contributed by atoms with Gasteiger partial charge in [-0.25, -0.2) is 14.7 Å². The molecule has 198 valence electrons. The van der Waals surface area contributed by atoms with Crippen molar-refractivity contribution in [2.24, 2.45) is 10.7 Å². The van der Waals surface area contributed by atoms with E-state index in [1.165, 1.54) is 16.2 Å². The number of phenolic OH excluding ortho intramolecular Hbond substituents is 1. The van der Waals surface area contributed by atoms with Gasteiger partial charge >= 0.3 is 6.03 Å². The summed E-state index contributed by atoms with van der Waals surface area (Å²) in [5.41, 5.74) is 9.12. The largest absolute Gasteiger partial charge is 0.507 e. The number of carbonyl (C=O) groups is 2. The first-order valence-corrected chi connectivity index (χ1v) is 13.3. The van der Waals surface area contributed by atoms with Crippen LogP contribution in [-0.2, 0) is 15.6 Å². The van der Waals surface area contributed by atoms with Crippen LogP contribution in [0.15, 0.2) is 64.6 Å². The number of carbonyl (C=O) groups excluding carboxylic acids is 2. The number of likely N-dealkylation sites (N-methyl/N-ethyl adjacent to an activating group) is 1. The Bertz CT molecular complexity index is 1440. The predicted octanol–water partition coefficient (Wildman–Crippen LogP) is 6.53. The van der Waals surface area contributed by atoms with Gasteiger partial charge in [0, 0.05) is 18.2 Å². The Morgan fingerprint density at radius 3 is 2.21 bits per heavy atom. The van der Waals surface area contributed by atoms with Gasteiger partial charge in [-0.15, -0.1) is 11.3 Å². The molecule has 0 radical (unpaired) electrons. The number of aromatic hydroxyl groups is 1. The zero-order valence-electron chi connectivity index (χ0n) is 22.9. The molecule has 2 heterocycles. The summed E-state index contributed by atoms with van der Waals surface area (Å²) in [6.45, 7) is 12.4. The molecule has 1 aliphatic rings. The van der Waals surface area contributed by atoms with Crippen molar-refractivity contribution in [3.63, 3.8) is 0 Å². The molecule has 4 rings (SSSR count). The standard InChI is InChI=1S/C30H34N4O3S/c1-29(2,3)19-15-18(25(35)22(17-19)30(4,5)6)16-23-27(36)34(28(37)33(23)7)21-12-10-20(11-13-21)32-26(31)24-9-8-14-38-24/h8-17,35H,1-7H3,(H2,31,32). The fraction of sp³-hybridized carbons (Fsp3) is 0.300. The number of hydrogen-bond donors (Lipinski definition) is 2. The van der Waals surface area contributed by atoms with Crippen molar-refractivity contribution in [1.82, 2.24) is 4.90 Å². The molecule has 0 spiro atoms. The smallest absolute Gasteiger partial charge is 0.336 e. The highest BCUT2D eigenvalue weighted by atomic mass is 32.1. The number of phenols is 1. The Kier molecular flexibility index (Phi) is 6.97. The van der Waals surface area contributed by atoms with Crippen LogP contribution < -0.4 is 10.6 Å². The van der Waals surface area contributed by atoms with E-state index in [-0.39, 0.29) is 22.3 Å². The minimum atomic E-state index is -0.474. The first-order chi connectivity index (χ1) is 17.7. The zero-order chi connectivity index (χ0) is 28.0. The summed E-state index contributed by atoms with van der Waals surface area (Å²) < 4.78 is 0. The first kappa shape index (κ1) is 27.1. The van der Waals surface area contributed by atoms with Gasteiger partial charge in [-0.1, -0.05) is 53.7 Å². The maximum atomic E-state index is 13.5. The molecule has 38 heavy (non-hydrogen) atoms. The third kappa shape index (κ3) is 5.22. The predicted molar refractivity (Wildman–Crippen MR) is 155 cm³/mol. The van der Waals surface area contributed by atoms with Crippen molar-refractivity contribution in [2.45, 2.75) is 52.4 Å². The Labute approximate surface area is 227 Å². The molecule has 0 aliphatic carbocycles. The third-order valence-corrected chi connectivity index (χ3v) is 7.39. The number of nitrogens with zero attached hydrogens (tertiary/aromatic N) is 3. The van der Waals surface area contributed by atoms with Gasteiger partial charge in [0.15, 0.2) is 0 Å². The molecule has 2 aromatic carbocycles. The topological polar surface area (TPSA) is 99.2 Å². The fourth-order valence-electron chi connectivity index (χ4n) is 4.20. The summed E-state index contributed by atoms with van der Waals surface area (Å²) >= 11 is 1.50. The van der Waals surface area contributed by atoms with Gasteiger partial charge in [-0.05, 0) is 64.2 Å². The SMILES string of the molecule is CN1C(=O)N(c2ccc(N=C(N)c3cccs3)cc2)C(=O)C1=Cc1cc(C(C)(C)C)cc(C(C)(C)C)c1O. The highest BCUT2D eigenvalue weighted by Gasteiger charge is 2.40. The van der Waals surface area contributed by atoms with Crippen LogP contribution in [0.2, 0.25) is 0 Å². The molecule has 1 fully saturated rings. The summed E-state index contributed by atoms with van der Waals surface area (Å²) in [5, 5.41) is 13.1. The highest BCUT2D eigenvalue weighted by molar-refractivity contribution is 7.12. The molecule has 3 aromatic rings. The van der Waals surface area contributed by atoms with E-state index in [2.05, 4.69) is 25.8 Å². The molecule has 1 aromatic heterocycles. The second kappa shape index (κ2) is 9.76. The molecular weight excluding hydrogens is 496 g/mol. The molecule has 0 saturated carbocycles. The number of urea groups is 1. The number of amides is 3. The van der Waals surface area contributed by atoms with E-state index in [9.17, 15) is 14.7 Å². The summed E-state index contributed by atoms with van der Waals surface area (Å²) in [6, 6.07) is 14.0. The maximum Gasteiger partial charge on any atom is 0.336 e. The molecular formula is C30H34N4O3S. The van der Waals surface area contributed by atoms with Crippen LogP contribution >= 0.6 is 11.3 Å². The second-order valence-corrected chi connectivity index (χ2v) is 12.4. The number of anilines is 1. The monoisotopic (exact) mass is 530 g/mol. The summed E-state index contributed by atoms with van der Waals surface area (Å²) in [5.74, 6) is 0.0401. The minimum Gasteiger partial charge on any atom is -0.507 e. The van der Waals surface area contributed by atoms with Crippen molar-refractivity contribution < 1.29 is 14.7 Å². The summed E-state index contributed by atoms with van der Waals surface area (Å²) in [4.78, 5) is 34.4. The molecule has 1 aliphatic heterocycles. The normalized spacial score (nSPS) is 16.2. The second-order valence-electron chi connectivity index (χ2n) is 11.5. The lowest BCUT2D eigenvalue weighted by atomic mass is 9.79. The molecule has 3 amide bonds. The van der Waals surface area contributed by atoms with E-state index in [0.717, 1.165) is 20.9 Å². The first-order valence-electron chi connectivity index (χ1n) is 12.4. The Balaban J connectivity index is 1.70. The van der Waals surface area contributed by atoms with E-state index in [1.54, 1.807) is 37.4 Å². The number of amidine groups is 1. The third-order valence-electron chi connectivity index (χ3n) is 6.50. The molecule has 1 saturated heterocycles. The lowest BCUT2D eigenvalue weighted by Crippen LogP contribution is -2.31. The van der Waals surface area contributed by atoms with Gasteiger partial charge in [0.2, 0.25) is 0 Å². The Morgan fingerprint density at radius 2 is 1.66 bits per heavy atom. The molecule has 0 bridgehead atoms. The average Bonchev–Trinajstić information content (AvgIpc) is 3.43. The van der Waals surface area contributed by atoms with Crippen LogP contribution in [0, 0.1) is 0 Å². The Morgan fingerprint density at radius 1 is 1.00 bits per heavy atom. The van der Waals surface area contributed by atoms with E-state index < -0.39 is 11.9 Å². The number of hydrogen-bond acceptors (Lipinski definition) is 5. The van der Waals surface area contributed by atoms with E-state index in [4.69, 9.17) is 5.73 Å². The van der Waals surface area contributed by atoms with Crippen LogP contribution in [0.1, 0.15) is 63.1 Å². The Hall–Kier alpha value is -3.91. The average molecular weight is 531 g/mol. The van der Waals surface area contributed by atoms with E-state index >= 15 is 0 Å². The van der Waals surface area contributed by atoms with Crippen LogP contribution in [0.25, 0.3) is 6.08 Å². The van der Waals surface area contributed by atoms with Gasteiger partial charge in [0.1, 0.15) is 17.3 Å². The number of aliphatic imine (C=N–C) groups is 1. The van der Waals surface area contributed by atoms with Crippen molar-refractivity contribution in [1.29, 1.82) is 0 Å².